The van der Waals surface area contributed by atoms with E-state index in [1.165, 1.54) is 16.7 Å². The van der Waals surface area contributed by atoms with Crippen LogP contribution in [-0.2, 0) is 11.3 Å². The first kappa shape index (κ1) is 25.1. The maximum absolute atomic E-state index is 13.0. The minimum atomic E-state index is 0.0808. The zero-order valence-corrected chi connectivity index (χ0v) is 22.4. The highest BCUT2D eigenvalue weighted by Gasteiger charge is 2.34. The van der Waals surface area contributed by atoms with Gasteiger partial charge in [-0.05, 0) is 85.7 Å². The van der Waals surface area contributed by atoms with Gasteiger partial charge in [-0.3, -0.25) is 4.79 Å². The minimum Gasteiger partial charge on any atom is -0.494 e. The van der Waals surface area contributed by atoms with Crippen LogP contribution in [0.3, 0.4) is 0 Å². The number of ether oxygens (including phenoxy) is 1. The lowest BCUT2D eigenvalue weighted by Crippen LogP contribution is -2.24. The lowest BCUT2D eigenvalue weighted by Gasteiger charge is -2.18. The van der Waals surface area contributed by atoms with Crippen molar-refractivity contribution < 1.29 is 9.53 Å². The van der Waals surface area contributed by atoms with Crippen molar-refractivity contribution in [3.8, 4) is 5.75 Å². The third-order valence-electron chi connectivity index (χ3n) is 7.57. The number of aromatic nitrogens is 2. The van der Waals surface area contributed by atoms with E-state index >= 15 is 0 Å². The molecule has 0 radical (unpaired) electrons. The number of rotatable bonds is 9. The van der Waals surface area contributed by atoms with Gasteiger partial charge in [-0.2, -0.15) is 0 Å². The Kier molecular flexibility index (Phi) is 7.31. The molecule has 0 saturated carbocycles. The largest absolute Gasteiger partial charge is 0.494 e. The maximum atomic E-state index is 13.0. The van der Waals surface area contributed by atoms with Crippen molar-refractivity contribution in [2.24, 2.45) is 0 Å². The van der Waals surface area contributed by atoms with E-state index in [4.69, 9.17) is 9.72 Å². The van der Waals surface area contributed by atoms with E-state index in [9.17, 15) is 4.79 Å². The maximum Gasteiger partial charge on any atom is 0.227 e. The lowest BCUT2D eigenvalue weighted by molar-refractivity contribution is -0.117. The van der Waals surface area contributed by atoms with Crippen LogP contribution in [0.5, 0.6) is 5.75 Å². The fourth-order valence-electron chi connectivity index (χ4n) is 5.18. The van der Waals surface area contributed by atoms with Crippen LogP contribution < -0.4 is 9.64 Å². The summed E-state index contributed by atoms with van der Waals surface area (Å²) in [5.41, 5.74) is 6.89. The van der Waals surface area contributed by atoms with Gasteiger partial charge in [0.15, 0.2) is 0 Å². The van der Waals surface area contributed by atoms with Crippen LogP contribution in [0.4, 0.5) is 5.69 Å². The lowest BCUT2D eigenvalue weighted by atomic mass is 10.0. The number of carbonyl (C=O) groups excluding carboxylic acids is 1. The molecule has 37 heavy (non-hydrogen) atoms. The molecule has 1 amide bonds. The first-order valence-corrected chi connectivity index (χ1v) is 13.5. The van der Waals surface area contributed by atoms with Crippen molar-refractivity contribution in [1.29, 1.82) is 0 Å². The van der Waals surface area contributed by atoms with Gasteiger partial charge in [0, 0.05) is 31.1 Å². The van der Waals surface area contributed by atoms with Crippen LogP contribution >= 0.6 is 0 Å². The Morgan fingerprint density at radius 1 is 0.973 bits per heavy atom. The number of amides is 1. The summed E-state index contributed by atoms with van der Waals surface area (Å²) >= 11 is 0. The quantitative estimate of drug-likeness (QED) is 0.232. The Morgan fingerprint density at radius 2 is 1.76 bits per heavy atom. The molecule has 0 N–H and O–H groups in total. The number of aryl methyl sites for hydroxylation is 3. The van der Waals surface area contributed by atoms with Gasteiger partial charge >= 0.3 is 0 Å². The van der Waals surface area contributed by atoms with Crippen LogP contribution in [0.2, 0.25) is 0 Å². The Bertz CT molecular complexity index is 1390. The number of nitrogens with zero attached hydrogens (tertiary/aromatic N) is 3. The molecule has 0 bridgehead atoms. The molecular weight excluding hydrogens is 458 g/mol. The molecule has 5 heteroatoms. The Hall–Kier alpha value is -3.60. The summed E-state index contributed by atoms with van der Waals surface area (Å²) in [6, 6.07) is 23.0. The number of hydrogen-bond acceptors (Lipinski definition) is 3. The molecule has 0 aliphatic carbocycles. The first-order chi connectivity index (χ1) is 17.9. The fourth-order valence-corrected chi connectivity index (χ4v) is 5.18. The van der Waals surface area contributed by atoms with Crippen LogP contribution in [0.15, 0.2) is 66.7 Å². The predicted octanol–water partition coefficient (Wildman–Crippen LogP) is 7.16. The predicted molar refractivity (Wildman–Crippen MR) is 151 cm³/mol. The number of para-hydroxylation sites is 2. The van der Waals surface area contributed by atoms with Crippen LogP contribution in [-0.4, -0.2) is 28.6 Å². The molecule has 1 aliphatic rings. The fraction of sp³-hybridized carbons (Fsp3) is 0.375. The Labute approximate surface area is 220 Å². The van der Waals surface area contributed by atoms with Gasteiger partial charge in [0.05, 0.1) is 17.6 Å². The van der Waals surface area contributed by atoms with Crippen LogP contribution in [0.25, 0.3) is 11.0 Å². The number of benzene rings is 3. The van der Waals surface area contributed by atoms with E-state index in [-0.39, 0.29) is 11.8 Å². The molecule has 5 nitrogen and oxygen atoms in total. The molecule has 1 aliphatic heterocycles. The zero-order valence-electron chi connectivity index (χ0n) is 22.4. The van der Waals surface area contributed by atoms with Crippen LogP contribution in [0, 0.1) is 13.8 Å². The normalized spacial score (nSPS) is 15.8. The van der Waals surface area contributed by atoms with Crippen molar-refractivity contribution in [2.45, 2.75) is 65.3 Å². The summed E-state index contributed by atoms with van der Waals surface area (Å²) in [5, 5.41) is 0. The molecule has 5 rings (SSSR count). The number of carbonyl (C=O) groups is 1. The molecule has 192 valence electrons. The standard InChI is InChI=1S/C32H37N3O2/c1-22(2)25-12-15-28(16-13-25)37-18-8-7-17-34-30-10-6-5-9-29(30)33-32(34)26-20-31(36)35(21-26)27-14-11-23(3)24(4)19-27/h5-6,9-16,19,22,26H,7-8,17-18,20-21H2,1-4H3. The highest BCUT2D eigenvalue weighted by Crippen LogP contribution is 2.34. The van der Waals surface area contributed by atoms with Gasteiger partial charge in [-0.1, -0.05) is 44.2 Å². The average Bonchev–Trinajstić information content (AvgIpc) is 3.46. The molecule has 1 unspecified atom stereocenters. The second-order valence-electron chi connectivity index (χ2n) is 10.6. The summed E-state index contributed by atoms with van der Waals surface area (Å²) in [7, 11) is 0. The molecular formula is C32H37N3O2. The number of hydrogen-bond donors (Lipinski definition) is 0. The van der Waals surface area contributed by atoms with E-state index in [0.29, 0.717) is 25.5 Å². The molecule has 1 atom stereocenters. The summed E-state index contributed by atoms with van der Waals surface area (Å²) in [5.74, 6) is 2.72. The first-order valence-electron chi connectivity index (χ1n) is 13.5. The smallest absolute Gasteiger partial charge is 0.227 e. The molecule has 0 spiro atoms. The van der Waals surface area contributed by atoms with E-state index in [2.05, 4.69) is 92.9 Å². The van der Waals surface area contributed by atoms with Crippen molar-refractivity contribution >= 4 is 22.6 Å². The van der Waals surface area contributed by atoms with E-state index in [0.717, 1.165) is 47.7 Å². The Balaban J connectivity index is 1.26. The van der Waals surface area contributed by atoms with E-state index in [1.54, 1.807) is 0 Å². The van der Waals surface area contributed by atoms with Gasteiger partial charge in [0.2, 0.25) is 5.91 Å². The molecule has 1 saturated heterocycles. The van der Waals surface area contributed by atoms with Gasteiger partial charge in [-0.25, -0.2) is 4.98 Å². The Morgan fingerprint density at radius 3 is 2.51 bits per heavy atom. The summed E-state index contributed by atoms with van der Waals surface area (Å²) in [6.45, 7) is 10.8. The van der Waals surface area contributed by atoms with Gasteiger partial charge in [-0.15, -0.1) is 0 Å². The van der Waals surface area contributed by atoms with E-state index < -0.39 is 0 Å². The minimum absolute atomic E-state index is 0.0808. The highest BCUT2D eigenvalue weighted by atomic mass is 16.5. The highest BCUT2D eigenvalue weighted by molar-refractivity contribution is 5.96. The average molecular weight is 496 g/mol. The second kappa shape index (κ2) is 10.8. The number of imidazole rings is 1. The third-order valence-corrected chi connectivity index (χ3v) is 7.57. The van der Waals surface area contributed by atoms with Gasteiger partial charge < -0.3 is 14.2 Å². The third kappa shape index (κ3) is 5.41. The molecule has 4 aromatic rings. The molecule has 3 aromatic carbocycles. The van der Waals surface area contributed by atoms with Crippen molar-refractivity contribution in [3.63, 3.8) is 0 Å². The molecule has 2 heterocycles. The second-order valence-corrected chi connectivity index (χ2v) is 10.6. The van der Waals surface area contributed by atoms with Gasteiger partial charge in [0.25, 0.3) is 0 Å². The number of anilines is 1. The van der Waals surface area contributed by atoms with Crippen molar-refractivity contribution in [1.82, 2.24) is 9.55 Å². The van der Waals surface area contributed by atoms with Crippen molar-refractivity contribution in [3.05, 3.63) is 89.2 Å². The molecule has 1 aromatic heterocycles. The van der Waals surface area contributed by atoms with E-state index in [1.807, 2.05) is 11.0 Å². The van der Waals surface area contributed by atoms with Crippen LogP contribution in [0.1, 0.15) is 67.5 Å². The topological polar surface area (TPSA) is 47.4 Å². The summed E-state index contributed by atoms with van der Waals surface area (Å²) in [4.78, 5) is 20.0. The SMILES string of the molecule is Cc1ccc(N2CC(c3nc4ccccc4n3CCCCOc3ccc(C(C)C)cc3)CC2=O)cc1C. The monoisotopic (exact) mass is 495 g/mol. The molecule has 1 fully saturated rings. The summed E-state index contributed by atoms with van der Waals surface area (Å²) in [6.07, 6.45) is 2.43. The number of unbranched alkanes of at least 4 members (excludes halogenated alkanes) is 1. The number of fused-ring (bicyclic) bond motifs is 1. The van der Waals surface area contributed by atoms with Crippen molar-refractivity contribution in [2.75, 3.05) is 18.1 Å². The van der Waals surface area contributed by atoms with Gasteiger partial charge in [0.1, 0.15) is 11.6 Å². The summed E-state index contributed by atoms with van der Waals surface area (Å²) < 4.78 is 8.32. The zero-order chi connectivity index (χ0) is 25.9.